The molecule has 7 heteroatoms. The second kappa shape index (κ2) is 7.57. The van der Waals surface area contributed by atoms with Crippen molar-refractivity contribution in [1.29, 1.82) is 0 Å². The van der Waals surface area contributed by atoms with Gasteiger partial charge < -0.3 is 10.1 Å². The lowest BCUT2D eigenvalue weighted by atomic mass is 10.3. The molecule has 0 saturated carbocycles. The Kier molecular flexibility index (Phi) is 6.41. The molecule has 0 radical (unpaired) electrons. The summed E-state index contributed by atoms with van der Waals surface area (Å²) in [7, 11) is -1.90. The number of anilines is 1. The Morgan fingerprint density at radius 1 is 1.32 bits per heavy atom. The van der Waals surface area contributed by atoms with Gasteiger partial charge in [-0.15, -0.1) is 0 Å². The molecule has 0 saturated heterocycles. The number of sulfonamides is 1. The van der Waals surface area contributed by atoms with Gasteiger partial charge in [-0.25, -0.2) is 8.42 Å². The molecule has 0 bridgehead atoms. The van der Waals surface area contributed by atoms with Gasteiger partial charge in [0.1, 0.15) is 5.75 Å². The highest BCUT2D eigenvalue weighted by molar-refractivity contribution is 7.92. The Balaban J connectivity index is 2.67. The Morgan fingerprint density at radius 2 is 2.05 bits per heavy atom. The molecule has 2 N–H and O–H groups in total. The molecule has 0 aliphatic carbocycles. The number of hydrogen-bond acceptors (Lipinski definition) is 4. The van der Waals surface area contributed by atoms with Gasteiger partial charge in [0.05, 0.1) is 23.6 Å². The van der Waals surface area contributed by atoms with Crippen LogP contribution in [0.5, 0.6) is 5.75 Å². The summed E-state index contributed by atoms with van der Waals surface area (Å²) in [6, 6.07) is 4.82. The van der Waals surface area contributed by atoms with Crippen molar-refractivity contribution in [3.05, 3.63) is 23.2 Å². The van der Waals surface area contributed by atoms with E-state index in [0.29, 0.717) is 23.0 Å². The summed E-state index contributed by atoms with van der Waals surface area (Å²) in [4.78, 5) is 0. The standard InChI is InChI=1S/C12H19ClN2O3S/c1-3-6-14-7-8-19(16,17)15-12-9-10(18-2)4-5-11(12)13/h4-5,9,14-15H,3,6-8H2,1-2H3. The molecule has 0 heterocycles. The summed E-state index contributed by atoms with van der Waals surface area (Å²) in [5, 5.41) is 3.38. The van der Waals surface area contributed by atoms with E-state index in [2.05, 4.69) is 10.0 Å². The molecule has 19 heavy (non-hydrogen) atoms. The van der Waals surface area contributed by atoms with E-state index < -0.39 is 10.0 Å². The van der Waals surface area contributed by atoms with Gasteiger partial charge in [0, 0.05) is 12.6 Å². The van der Waals surface area contributed by atoms with Gasteiger partial charge >= 0.3 is 0 Å². The van der Waals surface area contributed by atoms with Crippen LogP contribution in [0, 0.1) is 0 Å². The lowest BCUT2D eigenvalue weighted by Gasteiger charge is -2.11. The first kappa shape index (κ1) is 16.1. The molecule has 0 amide bonds. The highest BCUT2D eigenvalue weighted by atomic mass is 35.5. The van der Waals surface area contributed by atoms with Crippen LogP contribution in [0.1, 0.15) is 13.3 Å². The number of rotatable bonds is 8. The van der Waals surface area contributed by atoms with Crippen LogP contribution < -0.4 is 14.8 Å². The summed E-state index contributed by atoms with van der Waals surface area (Å²) in [6.45, 7) is 3.23. The van der Waals surface area contributed by atoms with Crippen LogP contribution in [-0.2, 0) is 10.0 Å². The van der Waals surface area contributed by atoms with E-state index in [-0.39, 0.29) is 5.75 Å². The van der Waals surface area contributed by atoms with Gasteiger partial charge in [-0.2, -0.15) is 0 Å². The third-order valence-electron chi connectivity index (χ3n) is 2.41. The van der Waals surface area contributed by atoms with Gasteiger partial charge in [0.15, 0.2) is 0 Å². The van der Waals surface area contributed by atoms with Crippen LogP contribution in [-0.4, -0.2) is 34.4 Å². The van der Waals surface area contributed by atoms with E-state index in [0.717, 1.165) is 13.0 Å². The maximum absolute atomic E-state index is 11.9. The predicted molar refractivity (Wildman–Crippen MR) is 78.6 cm³/mol. The van der Waals surface area contributed by atoms with Gasteiger partial charge in [0.25, 0.3) is 0 Å². The Bertz CT molecular complexity index is 506. The Morgan fingerprint density at radius 3 is 2.68 bits per heavy atom. The predicted octanol–water partition coefficient (Wildman–Crippen LogP) is 2.09. The van der Waals surface area contributed by atoms with E-state index in [1.54, 1.807) is 18.2 Å². The van der Waals surface area contributed by atoms with Crippen molar-refractivity contribution >= 4 is 27.3 Å². The van der Waals surface area contributed by atoms with Crippen molar-refractivity contribution in [1.82, 2.24) is 5.32 Å². The molecule has 0 unspecified atom stereocenters. The normalized spacial score (nSPS) is 11.3. The highest BCUT2D eigenvalue weighted by Crippen LogP contribution is 2.27. The topological polar surface area (TPSA) is 67.4 Å². The third kappa shape index (κ3) is 5.67. The molecule has 5 nitrogen and oxygen atoms in total. The maximum Gasteiger partial charge on any atom is 0.234 e. The third-order valence-corrected chi connectivity index (χ3v) is 4.02. The monoisotopic (exact) mass is 306 g/mol. The van der Waals surface area contributed by atoms with E-state index in [4.69, 9.17) is 16.3 Å². The average molecular weight is 307 g/mol. The number of methoxy groups -OCH3 is 1. The number of halogens is 1. The molecule has 108 valence electrons. The van der Waals surface area contributed by atoms with Gasteiger partial charge in [-0.1, -0.05) is 18.5 Å². The number of nitrogens with one attached hydrogen (secondary N) is 2. The smallest absolute Gasteiger partial charge is 0.234 e. The van der Waals surface area contributed by atoms with Crippen LogP contribution >= 0.6 is 11.6 Å². The first-order valence-corrected chi connectivity index (χ1v) is 8.06. The molecule has 0 aromatic heterocycles. The molecule has 1 rings (SSSR count). The quantitative estimate of drug-likeness (QED) is 0.722. The summed E-state index contributed by atoms with van der Waals surface area (Å²) in [5.41, 5.74) is 0.330. The molecular formula is C12H19ClN2O3S. The highest BCUT2D eigenvalue weighted by Gasteiger charge is 2.12. The molecule has 1 aromatic carbocycles. The molecule has 0 atom stereocenters. The molecule has 0 aliphatic rings. The van der Waals surface area contributed by atoms with Gasteiger partial charge in [-0.3, -0.25) is 4.72 Å². The minimum atomic E-state index is -3.42. The first-order chi connectivity index (χ1) is 8.98. The van der Waals surface area contributed by atoms with Crippen molar-refractivity contribution < 1.29 is 13.2 Å². The minimum Gasteiger partial charge on any atom is -0.497 e. The Hall–Kier alpha value is -0.980. The summed E-state index contributed by atoms with van der Waals surface area (Å²) in [6.07, 6.45) is 0.967. The van der Waals surface area contributed by atoms with Crippen LogP contribution in [0.2, 0.25) is 5.02 Å². The van der Waals surface area contributed by atoms with Gasteiger partial charge in [0.2, 0.25) is 10.0 Å². The van der Waals surface area contributed by atoms with E-state index in [9.17, 15) is 8.42 Å². The lowest BCUT2D eigenvalue weighted by molar-refractivity contribution is 0.415. The summed E-state index contributed by atoms with van der Waals surface area (Å²) in [5.74, 6) is 0.548. The van der Waals surface area contributed by atoms with E-state index in [1.165, 1.54) is 7.11 Å². The van der Waals surface area contributed by atoms with Crippen molar-refractivity contribution in [3.8, 4) is 5.75 Å². The van der Waals surface area contributed by atoms with E-state index >= 15 is 0 Å². The minimum absolute atomic E-state index is 0.000534. The second-order valence-electron chi connectivity index (χ2n) is 4.02. The summed E-state index contributed by atoms with van der Waals surface area (Å²) < 4.78 is 31.2. The van der Waals surface area contributed by atoms with Crippen molar-refractivity contribution in [2.24, 2.45) is 0 Å². The van der Waals surface area contributed by atoms with Crippen molar-refractivity contribution in [2.45, 2.75) is 13.3 Å². The maximum atomic E-state index is 11.9. The van der Waals surface area contributed by atoms with Crippen molar-refractivity contribution in [3.63, 3.8) is 0 Å². The van der Waals surface area contributed by atoms with Crippen LogP contribution in [0.25, 0.3) is 0 Å². The zero-order valence-electron chi connectivity index (χ0n) is 11.1. The zero-order valence-corrected chi connectivity index (χ0v) is 12.6. The number of hydrogen-bond donors (Lipinski definition) is 2. The van der Waals surface area contributed by atoms with Crippen LogP contribution in [0.15, 0.2) is 18.2 Å². The first-order valence-electron chi connectivity index (χ1n) is 6.03. The SMILES string of the molecule is CCCNCCS(=O)(=O)Nc1cc(OC)ccc1Cl. The number of benzene rings is 1. The Labute approximate surface area is 119 Å². The van der Waals surface area contributed by atoms with Crippen LogP contribution in [0.4, 0.5) is 5.69 Å². The second-order valence-corrected chi connectivity index (χ2v) is 6.27. The zero-order chi connectivity index (χ0) is 14.3. The fourth-order valence-corrected chi connectivity index (χ4v) is 2.68. The van der Waals surface area contributed by atoms with Crippen molar-refractivity contribution in [2.75, 3.05) is 30.7 Å². The molecule has 0 fully saturated rings. The average Bonchev–Trinajstić information content (AvgIpc) is 2.37. The van der Waals surface area contributed by atoms with Crippen LogP contribution in [0.3, 0.4) is 0 Å². The number of ether oxygens (including phenoxy) is 1. The fraction of sp³-hybridized carbons (Fsp3) is 0.500. The lowest BCUT2D eigenvalue weighted by Crippen LogP contribution is -2.27. The van der Waals surface area contributed by atoms with Gasteiger partial charge in [-0.05, 0) is 25.1 Å². The fourth-order valence-electron chi connectivity index (χ4n) is 1.44. The van der Waals surface area contributed by atoms with E-state index in [1.807, 2.05) is 6.92 Å². The molecule has 0 spiro atoms. The molecular weight excluding hydrogens is 288 g/mol. The molecule has 0 aliphatic heterocycles. The largest absolute Gasteiger partial charge is 0.497 e. The summed E-state index contributed by atoms with van der Waals surface area (Å²) >= 11 is 5.94. The molecule has 1 aromatic rings.